The summed E-state index contributed by atoms with van der Waals surface area (Å²) >= 11 is 0. The lowest BCUT2D eigenvalue weighted by atomic mass is 10.1. The lowest BCUT2D eigenvalue weighted by molar-refractivity contribution is -0.132. The number of aromatic nitrogens is 1. The second-order valence-electron chi connectivity index (χ2n) is 6.26. The van der Waals surface area contributed by atoms with Gasteiger partial charge in [0, 0.05) is 44.3 Å². The van der Waals surface area contributed by atoms with Gasteiger partial charge in [0.1, 0.15) is 0 Å². The molecule has 0 bridgehead atoms. The molecule has 130 valence electrons. The molecule has 0 radical (unpaired) electrons. The molecular weight excluding hydrogens is 316 g/mol. The Morgan fingerprint density at radius 1 is 1.12 bits per heavy atom. The molecule has 0 spiro atoms. The Morgan fingerprint density at radius 2 is 1.92 bits per heavy atom. The monoisotopic (exact) mass is 338 g/mol. The summed E-state index contributed by atoms with van der Waals surface area (Å²) in [5.74, 6) is -0.0838. The summed E-state index contributed by atoms with van der Waals surface area (Å²) in [6.45, 7) is 3.36. The number of nitrogens with zero attached hydrogens (tertiary/aromatic N) is 3. The second kappa shape index (κ2) is 7.90. The topological polar surface area (TPSA) is 65.5 Å². The van der Waals surface area contributed by atoms with E-state index >= 15 is 0 Å². The molecule has 0 aliphatic carbocycles. The largest absolute Gasteiger partial charge is 0.340 e. The first-order chi connectivity index (χ1) is 12.1. The Morgan fingerprint density at radius 3 is 2.64 bits per heavy atom. The summed E-state index contributed by atoms with van der Waals surface area (Å²) < 4.78 is 0. The molecule has 6 heteroatoms. The molecule has 2 heterocycles. The van der Waals surface area contributed by atoms with E-state index in [9.17, 15) is 9.59 Å². The number of nitrogens with one attached hydrogen (secondary N) is 1. The predicted molar refractivity (Wildman–Crippen MR) is 96.4 cm³/mol. The number of anilines is 1. The minimum absolute atomic E-state index is 0.129. The maximum atomic E-state index is 12.4. The summed E-state index contributed by atoms with van der Waals surface area (Å²) in [6, 6.07) is 10.9. The van der Waals surface area contributed by atoms with Gasteiger partial charge in [-0.3, -0.25) is 14.6 Å². The van der Waals surface area contributed by atoms with Crippen LogP contribution in [-0.4, -0.2) is 59.8 Å². The van der Waals surface area contributed by atoms with Gasteiger partial charge in [-0.05, 0) is 36.9 Å². The van der Waals surface area contributed by atoms with Gasteiger partial charge in [0.05, 0.1) is 12.0 Å². The van der Waals surface area contributed by atoms with E-state index < -0.39 is 0 Å². The number of hydrogen-bond donors (Lipinski definition) is 1. The van der Waals surface area contributed by atoms with Gasteiger partial charge in [0.25, 0.3) is 5.91 Å². The van der Waals surface area contributed by atoms with Crippen LogP contribution in [-0.2, 0) is 11.2 Å². The number of piperazine rings is 1. The van der Waals surface area contributed by atoms with Gasteiger partial charge in [0.2, 0.25) is 5.91 Å². The van der Waals surface area contributed by atoms with E-state index in [1.54, 1.807) is 18.3 Å². The molecule has 1 aromatic carbocycles. The number of pyridine rings is 1. The zero-order valence-corrected chi connectivity index (χ0v) is 14.3. The molecule has 1 N–H and O–H groups in total. The average Bonchev–Trinajstić information content (AvgIpc) is 2.63. The van der Waals surface area contributed by atoms with Gasteiger partial charge in [-0.1, -0.05) is 12.1 Å². The average molecular weight is 338 g/mol. The highest BCUT2D eigenvalue weighted by Gasteiger charge is 2.19. The van der Waals surface area contributed by atoms with Gasteiger partial charge in [0.15, 0.2) is 0 Å². The van der Waals surface area contributed by atoms with Crippen molar-refractivity contribution in [3.8, 4) is 0 Å². The van der Waals surface area contributed by atoms with Crippen LogP contribution in [0.2, 0.25) is 0 Å². The highest BCUT2D eigenvalue weighted by Crippen LogP contribution is 2.14. The van der Waals surface area contributed by atoms with E-state index in [1.807, 2.05) is 29.2 Å². The summed E-state index contributed by atoms with van der Waals surface area (Å²) in [5.41, 5.74) is 2.08. The fourth-order valence-corrected chi connectivity index (χ4v) is 2.80. The molecule has 1 fully saturated rings. The smallest absolute Gasteiger partial charge is 0.257 e. The number of hydrogen-bond acceptors (Lipinski definition) is 4. The van der Waals surface area contributed by atoms with Crippen LogP contribution in [0.1, 0.15) is 15.9 Å². The van der Waals surface area contributed by atoms with E-state index in [1.165, 1.54) is 6.20 Å². The molecule has 2 aromatic rings. The summed E-state index contributed by atoms with van der Waals surface area (Å²) in [7, 11) is 2.07. The molecule has 6 nitrogen and oxygen atoms in total. The fraction of sp³-hybridized carbons (Fsp3) is 0.316. The van der Waals surface area contributed by atoms with E-state index in [2.05, 4.69) is 22.2 Å². The van der Waals surface area contributed by atoms with Crippen LogP contribution in [0.5, 0.6) is 0 Å². The molecule has 0 atom stereocenters. The van der Waals surface area contributed by atoms with E-state index in [0.29, 0.717) is 17.7 Å². The zero-order valence-electron chi connectivity index (χ0n) is 14.3. The SMILES string of the molecule is CN1CCN(C(=O)Cc2cccc(NC(=O)c3cccnc3)c2)CC1. The van der Waals surface area contributed by atoms with Gasteiger partial charge < -0.3 is 15.1 Å². The molecule has 0 saturated carbocycles. The Balaban J connectivity index is 1.61. The molecule has 1 aromatic heterocycles. The Hall–Kier alpha value is -2.73. The quantitative estimate of drug-likeness (QED) is 0.921. The number of amides is 2. The van der Waals surface area contributed by atoms with Crippen LogP contribution < -0.4 is 5.32 Å². The molecule has 3 rings (SSSR count). The first-order valence-corrected chi connectivity index (χ1v) is 8.38. The highest BCUT2D eigenvalue weighted by molar-refractivity contribution is 6.04. The fourth-order valence-electron chi connectivity index (χ4n) is 2.80. The lowest BCUT2D eigenvalue weighted by Gasteiger charge is -2.32. The number of carbonyl (C=O) groups is 2. The third kappa shape index (κ3) is 4.64. The third-order valence-electron chi connectivity index (χ3n) is 4.32. The standard InChI is InChI=1S/C19H22N4O2/c1-22-8-10-23(11-9-22)18(24)13-15-4-2-6-17(12-15)21-19(25)16-5-3-7-20-14-16/h2-7,12,14H,8-11,13H2,1H3,(H,21,25). The second-order valence-corrected chi connectivity index (χ2v) is 6.26. The zero-order chi connectivity index (χ0) is 17.6. The predicted octanol–water partition coefficient (Wildman–Crippen LogP) is 1.65. The summed E-state index contributed by atoms with van der Waals surface area (Å²) in [5, 5.41) is 2.85. The van der Waals surface area contributed by atoms with E-state index in [4.69, 9.17) is 0 Å². The highest BCUT2D eigenvalue weighted by atomic mass is 16.2. The van der Waals surface area contributed by atoms with Gasteiger partial charge in [-0.25, -0.2) is 0 Å². The molecule has 0 unspecified atom stereocenters. The van der Waals surface area contributed by atoms with Crippen LogP contribution in [0.15, 0.2) is 48.8 Å². The number of carbonyl (C=O) groups excluding carboxylic acids is 2. The number of benzene rings is 1. The van der Waals surface area contributed by atoms with Gasteiger partial charge >= 0.3 is 0 Å². The molecule has 1 aliphatic heterocycles. The molecular formula is C19H22N4O2. The minimum Gasteiger partial charge on any atom is -0.340 e. The van der Waals surface area contributed by atoms with Crippen LogP contribution in [0, 0.1) is 0 Å². The first kappa shape index (κ1) is 17.1. The minimum atomic E-state index is -0.212. The van der Waals surface area contributed by atoms with Crippen molar-refractivity contribution >= 4 is 17.5 Å². The summed E-state index contributed by atoms with van der Waals surface area (Å²) in [6.07, 6.45) is 3.50. The van der Waals surface area contributed by atoms with Crippen molar-refractivity contribution in [3.63, 3.8) is 0 Å². The maximum Gasteiger partial charge on any atom is 0.257 e. The summed E-state index contributed by atoms with van der Waals surface area (Å²) in [4.78, 5) is 32.7. The van der Waals surface area contributed by atoms with Crippen LogP contribution in [0.4, 0.5) is 5.69 Å². The Bertz CT molecular complexity index is 740. The van der Waals surface area contributed by atoms with E-state index in [-0.39, 0.29) is 11.8 Å². The number of rotatable bonds is 4. The lowest BCUT2D eigenvalue weighted by Crippen LogP contribution is -2.47. The molecule has 25 heavy (non-hydrogen) atoms. The van der Waals surface area contributed by atoms with Gasteiger partial charge in [-0.2, -0.15) is 0 Å². The van der Waals surface area contributed by atoms with Crippen molar-refractivity contribution in [2.24, 2.45) is 0 Å². The van der Waals surface area contributed by atoms with Crippen molar-refractivity contribution in [3.05, 3.63) is 59.9 Å². The Kier molecular flexibility index (Phi) is 5.40. The van der Waals surface area contributed by atoms with Crippen LogP contribution >= 0.6 is 0 Å². The van der Waals surface area contributed by atoms with Crippen molar-refractivity contribution < 1.29 is 9.59 Å². The van der Waals surface area contributed by atoms with Crippen molar-refractivity contribution in [2.45, 2.75) is 6.42 Å². The molecule has 2 amide bonds. The van der Waals surface area contributed by atoms with Crippen molar-refractivity contribution in [2.75, 3.05) is 38.5 Å². The van der Waals surface area contributed by atoms with E-state index in [0.717, 1.165) is 31.7 Å². The van der Waals surface area contributed by atoms with Gasteiger partial charge in [-0.15, -0.1) is 0 Å². The molecule has 1 saturated heterocycles. The van der Waals surface area contributed by atoms with Crippen molar-refractivity contribution in [1.82, 2.24) is 14.8 Å². The Labute approximate surface area is 147 Å². The van der Waals surface area contributed by atoms with Crippen LogP contribution in [0.25, 0.3) is 0 Å². The van der Waals surface area contributed by atoms with Crippen LogP contribution in [0.3, 0.4) is 0 Å². The molecule has 1 aliphatic rings. The van der Waals surface area contributed by atoms with Crippen molar-refractivity contribution in [1.29, 1.82) is 0 Å². The first-order valence-electron chi connectivity index (χ1n) is 8.38. The normalized spacial score (nSPS) is 15.0. The number of likely N-dealkylation sites (N-methyl/N-ethyl adjacent to an activating group) is 1. The third-order valence-corrected chi connectivity index (χ3v) is 4.32. The maximum absolute atomic E-state index is 12.4.